The van der Waals surface area contributed by atoms with Gasteiger partial charge in [0.1, 0.15) is 16.8 Å². The first-order chi connectivity index (χ1) is 13.5. The van der Waals surface area contributed by atoms with E-state index in [0.717, 1.165) is 15.6 Å². The fourth-order valence-electron chi connectivity index (χ4n) is 3.39. The molecule has 0 fully saturated rings. The van der Waals surface area contributed by atoms with E-state index in [4.69, 9.17) is 4.74 Å². The van der Waals surface area contributed by atoms with Crippen LogP contribution >= 0.6 is 15.9 Å². The van der Waals surface area contributed by atoms with Crippen LogP contribution in [0.2, 0.25) is 0 Å². The van der Waals surface area contributed by atoms with Crippen molar-refractivity contribution in [3.8, 4) is 5.75 Å². The summed E-state index contributed by atoms with van der Waals surface area (Å²) in [5.74, 6) is 0.619. The molecule has 0 radical (unpaired) electrons. The van der Waals surface area contributed by atoms with Crippen LogP contribution in [-0.2, 0) is 16.6 Å². The van der Waals surface area contributed by atoms with Gasteiger partial charge in [-0.2, -0.15) is 4.31 Å². The number of nitrogens with one attached hydrogen (secondary N) is 1. The summed E-state index contributed by atoms with van der Waals surface area (Å²) in [6.45, 7) is 0.241. The molecule has 0 aromatic heterocycles. The van der Waals surface area contributed by atoms with Crippen LogP contribution in [0.5, 0.6) is 5.75 Å². The van der Waals surface area contributed by atoms with E-state index in [1.165, 1.54) is 4.31 Å². The molecule has 0 saturated carbocycles. The highest BCUT2D eigenvalue weighted by molar-refractivity contribution is 9.10. The second-order valence-electron chi connectivity index (χ2n) is 6.47. The SMILES string of the molecule is COc1ccc(Br)cc1[C@H]1Nc2ccccc2S(=O)(=O)N1Cc1ccccc1. The molecule has 1 aliphatic rings. The Morgan fingerprint density at radius 2 is 1.75 bits per heavy atom. The number of nitrogens with zero attached hydrogens (tertiary/aromatic N) is 1. The number of sulfonamides is 1. The van der Waals surface area contributed by atoms with Crippen molar-refractivity contribution >= 4 is 31.6 Å². The Labute approximate surface area is 173 Å². The Hall–Kier alpha value is -2.35. The molecule has 0 aliphatic carbocycles. The zero-order chi connectivity index (χ0) is 19.7. The Kier molecular flexibility index (Phi) is 5.14. The number of anilines is 1. The van der Waals surface area contributed by atoms with E-state index >= 15 is 0 Å². The minimum atomic E-state index is -3.72. The Bertz CT molecular complexity index is 1100. The van der Waals surface area contributed by atoms with E-state index in [1.54, 1.807) is 25.3 Å². The van der Waals surface area contributed by atoms with Crippen molar-refractivity contribution < 1.29 is 13.2 Å². The quantitative estimate of drug-likeness (QED) is 0.611. The highest BCUT2D eigenvalue weighted by atomic mass is 79.9. The lowest BCUT2D eigenvalue weighted by Gasteiger charge is -2.38. The van der Waals surface area contributed by atoms with Gasteiger partial charge in [0, 0.05) is 16.6 Å². The average Bonchev–Trinajstić information content (AvgIpc) is 2.71. The third-order valence-electron chi connectivity index (χ3n) is 4.72. The van der Waals surface area contributed by atoms with Crippen LogP contribution in [0.25, 0.3) is 0 Å². The van der Waals surface area contributed by atoms with Crippen molar-refractivity contribution in [3.63, 3.8) is 0 Å². The van der Waals surface area contributed by atoms with Crippen molar-refractivity contribution in [2.24, 2.45) is 0 Å². The number of fused-ring (bicyclic) bond motifs is 1. The molecule has 1 aliphatic heterocycles. The van der Waals surface area contributed by atoms with Crippen LogP contribution in [0.3, 0.4) is 0 Å². The molecule has 0 amide bonds. The lowest BCUT2D eigenvalue weighted by atomic mass is 10.1. The second kappa shape index (κ2) is 7.58. The van der Waals surface area contributed by atoms with E-state index in [9.17, 15) is 8.42 Å². The van der Waals surface area contributed by atoms with Gasteiger partial charge in [-0.3, -0.25) is 0 Å². The summed E-state index contributed by atoms with van der Waals surface area (Å²) in [6.07, 6.45) is -0.604. The Morgan fingerprint density at radius 3 is 2.50 bits per heavy atom. The molecule has 0 unspecified atom stereocenters. The van der Waals surface area contributed by atoms with E-state index in [2.05, 4.69) is 21.2 Å². The van der Waals surface area contributed by atoms with Crippen molar-refractivity contribution in [1.82, 2.24) is 4.31 Å². The number of benzene rings is 3. The van der Waals surface area contributed by atoms with E-state index in [1.807, 2.05) is 54.6 Å². The first-order valence-corrected chi connectivity index (χ1v) is 11.0. The van der Waals surface area contributed by atoms with Crippen molar-refractivity contribution in [2.45, 2.75) is 17.6 Å². The summed E-state index contributed by atoms with van der Waals surface area (Å²) in [6, 6.07) is 22.1. The van der Waals surface area contributed by atoms with Gasteiger partial charge in [-0.15, -0.1) is 0 Å². The van der Waals surface area contributed by atoms with Gasteiger partial charge >= 0.3 is 0 Å². The smallest absolute Gasteiger partial charge is 0.247 e. The average molecular weight is 459 g/mol. The Balaban J connectivity index is 1.89. The normalized spacial score (nSPS) is 18.1. The largest absolute Gasteiger partial charge is 0.496 e. The summed E-state index contributed by atoms with van der Waals surface area (Å²) in [5, 5.41) is 3.39. The molecule has 144 valence electrons. The van der Waals surface area contributed by atoms with Crippen LogP contribution in [0.15, 0.2) is 82.2 Å². The van der Waals surface area contributed by atoms with Crippen molar-refractivity contribution in [2.75, 3.05) is 12.4 Å². The predicted octanol–water partition coefficient (Wildman–Crippen LogP) is 4.77. The number of halogens is 1. The van der Waals surface area contributed by atoms with Gasteiger partial charge in [-0.05, 0) is 35.9 Å². The molecular weight excluding hydrogens is 440 g/mol. The summed E-state index contributed by atoms with van der Waals surface area (Å²) in [4.78, 5) is 0.274. The highest BCUT2D eigenvalue weighted by Crippen LogP contribution is 2.42. The first-order valence-electron chi connectivity index (χ1n) is 8.75. The number of methoxy groups -OCH3 is 1. The summed E-state index contributed by atoms with van der Waals surface area (Å²) < 4.78 is 34.9. The molecule has 1 atom stereocenters. The number of hydrogen-bond donors (Lipinski definition) is 1. The fraction of sp³-hybridized carbons (Fsp3) is 0.143. The molecule has 0 spiro atoms. The van der Waals surface area contributed by atoms with Gasteiger partial charge in [0.2, 0.25) is 10.0 Å². The molecule has 1 N–H and O–H groups in total. The van der Waals surface area contributed by atoms with Crippen LogP contribution in [-0.4, -0.2) is 19.8 Å². The molecular formula is C21H19BrN2O3S. The number of ether oxygens (including phenoxy) is 1. The second-order valence-corrected chi connectivity index (χ2v) is 9.24. The van der Waals surface area contributed by atoms with Crippen molar-refractivity contribution in [1.29, 1.82) is 0 Å². The molecule has 3 aromatic carbocycles. The van der Waals surface area contributed by atoms with Gasteiger partial charge in [0.25, 0.3) is 0 Å². The van der Waals surface area contributed by atoms with Crippen molar-refractivity contribution in [3.05, 3.63) is 88.4 Å². The van der Waals surface area contributed by atoms with Gasteiger partial charge in [0.05, 0.1) is 12.8 Å². The maximum atomic E-state index is 13.5. The molecule has 5 nitrogen and oxygen atoms in total. The van der Waals surface area contributed by atoms with E-state index in [0.29, 0.717) is 11.4 Å². The third-order valence-corrected chi connectivity index (χ3v) is 7.08. The molecule has 3 aromatic rings. The van der Waals surface area contributed by atoms with Crippen LogP contribution in [0.4, 0.5) is 5.69 Å². The van der Waals surface area contributed by atoms with Gasteiger partial charge in [-0.25, -0.2) is 8.42 Å². The minimum Gasteiger partial charge on any atom is -0.496 e. The van der Waals surface area contributed by atoms with E-state index < -0.39 is 16.2 Å². The molecule has 0 bridgehead atoms. The van der Waals surface area contributed by atoms with E-state index in [-0.39, 0.29) is 11.4 Å². The highest BCUT2D eigenvalue weighted by Gasteiger charge is 2.40. The zero-order valence-corrected chi connectivity index (χ0v) is 17.6. The zero-order valence-electron chi connectivity index (χ0n) is 15.2. The number of rotatable bonds is 4. The maximum absolute atomic E-state index is 13.5. The standard InChI is InChI=1S/C21H19BrN2O3S/c1-27-19-12-11-16(22)13-17(19)21-23-18-9-5-6-10-20(18)28(25,26)24(21)14-15-7-3-2-4-8-15/h2-13,21,23H,14H2,1H3/t21-/m0/s1. The third kappa shape index (κ3) is 3.41. The first kappa shape index (κ1) is 19.0. The molecule has 4 rings (SSSR count). The minimum absolute atomic E-state index is 0.241. The number of para-hydroxylation sites is 1. The lowest BCUT2D eigenvalue weighted by Crippen LogP contribution is -2.42. The summed E-state index contributed by atoms with van der Waals surface area (Å²) in [5.41, 5.74) is 2.23. The monoisotopic (exact) mass is 458 g/mol. The predicted molar refractivity (Wildman–Crippen MR) is 113 cm³/mol. The van der Waals surface area contributed by atoms with Gasteiger partial charge in [0.15, 0.2) is 0 Å². The lowest BCUT2D eigenvalue weighted by molar-refractivity contribution is 0.323. The van der Waals surface area contributed by atoms with Crippen LogP contribution < -0.4 is 10.1 Å². The summed E-state index contributed by atoms with van der Waals surface area (Å²) in [7, 11) is -2.13. The topological polar surface area (TPSA) is 58.6 Å². The van der Waals surface area contributed by atoms with Crippen LogP contribution in [0.1, 0.15) is 17.3 Å². The van der Waals surface area contributed by atoms with Gasteiger partial charge in [-0.1, -0.05) is 58.4 Å². The fourth-order valence-corrected chi connectivity index (χ4v) is 5.44. The molecule has 0 saturated heterocycles. The Morgan fingerprint density at radius 1 is 1.04 bits per heavy atom. The van der Waals surface area contributed by atoms with Crippen LogP contribution in [0, 0.1) is 0 Å². The number of hydrogen-bond acceptors (Lipinski definition) is 4. The molecule has 7 heteroatoms. The van der Waals surface area contributed by atoms with Gasteiger partial charge < -0.3 is 10.1 Å². The molecule has 1 heterocycles. The molecule has 28 heavy (non-hydrogen) atoms. The summed E-state index contributed by atoms with van der Waals surface area (Å²) >= 11 is 3.49. The maximum Gasteiger partial charge on any atom is 0.247 e.